The standard InChI is InChI=1S/C5H3ClO2S/c6-5(7)8-4-2-1-3-9-4/h1-3H. The van der Waals surface area contributed by atoms with E-state index in [9.17, 15) is 4.79 Å². The van der Waals surface area contributed by atoms with Crippen LogP contribution in [0, 0.1) is 0 Å². The molecular weight excluding hydrogens is 160 g/mol. The molecule has 0 aromatic carbocycles. The van der Waals surface area contributed by atoms with Crippen LogP contribution in [0.15, 0.2) is 17.5 Å². The third kappa shape index (κ3) is 2.03. The first kappa shape index (κ1) is 6.58. The van der Waals surface area contributed by atoms with Gasteiger partial charge in [-0.15, -0.1) is 11.3 Å². The average molecular weight is 163 g/mol. The number of ether oxygens (including phenoxy) is 1. The van der Waals surface area contributed by atoms with E-state index in [0.29, 0.717) is 5.06 Å². The predicted molar refractivity (Wildman–Crippen MR) is 36.2 cm³/mol. The van der Waals surface area contributed by atoms with Crippen LogP contribution in [0.25, 0.3) is 0 Å². The summed E-state index contributed by atoms with van der Waals surface area (Å²) in [7, 11) is 0. The molecule has 0 saturated carbocycles. The van der Waals surface area contributed by atoms with Crippen molar-refractivity contribution in [1.29, 1.82) is 0 Å². The van der Waals surface area contributed by atoms with Gasteiger partial charge in [0.25, 0.3) is 0 Å². The first-order valence-corrected chi connectivity index (χ1v) is 3.45. The van der Waals surface area contributed by atoms with Crippen LogP contribution < -0.4 is 4.74 Å². The van der Waals surface area contributed by atoms with Crippen molar-refractivity contribution >= 4 is 28.4 Å². The second-order valence-corrected chi connectivity index (χ2v) is 2.49. The third-order valence-electron chi connectivity index (χ3n) is 0.676. The molecule has 9 heavy (non-hydrogen) atoms. The number of hydrogen-bond donors (Lipinski definition) is 0. The summed E-state index contributed by atoms with van der Waals surface area (Å²) >= 11 is 6.24. The maximum absolute atomic E-state index is 10.1. The Kier molecular flexibility index (Phi) is 2.08. The van der Waals surface area contributed by atoms with Crippen LogP contribution in [0.4, 0.5) is 4.79 Å². The quantitative estimate of drug-likeness (QED) is 0.593. The van der Waals surface area contributed by atoms with E-state index in [1.54, 1.807) is 17.5 Å². The molecule has 1 heterocycles. The fourth-order valence-electron chi connectivity index (χ4n) is 0.401. The Bertz CT molecular complexity index is 195. The minimum absolute atomic E-state index is 0.523. The molecule has 0 radical (unpaired) electrons. The predicted octanol–water partition coefficient (Wildman–Crippen LogP) is 2.49. The van der Waals surface area contributed by atoms with Crippen LogP contribution in [0.2, 0.25) is 0 Å². The highest BCUT2D eigenvalue weighted by Crippen LogP contribution is 2.18. The number of hydrogen-bond acceptors (Lipinski definition) is 3. The zero-order valence-corrected chi connectivity index (χ0v) is 5.91. The van der Waals surface area contributed by atoms with Gasteiger partial charge in [-0.1, -0.05) is 0 Å². The molecule has 0 aliphatic rings. The third-order valence-corrected chi connectivity index (χ3v) is 1.50. The second kappa shape index (κ2) is 2.85. The Labute approximate surface area is 61.0 Å². The fraction of sp³-hybridized carbons (Fsp3) is 0. The summed E-state index contributed by atoms with van der Waals surface area (Å²) < 4.78 is 4.50. The lowest BCUT2D eigenvalue weighted by molar-refractivity contribution is 0.227. The van der Waals surface area contributed by atoms with Gasteiger partial charge in [0.1, 0.15) is 0 Å². The van der Waals surface area contributed by atoms with Crippen LogP contribution in [0.1, 0.15) is 0 Å². The molecule has 0 fully saturated rings. The molecule has 0 atom stereocenters. The molecule has 48 valence electrons. The molecule has 0 unspecified atom stereocenters. The van der Waals surface area contributed by atoms with Gasteiger partial charge in [-0.3, -0.25) is 0 Å². The second-order valence-electron chi connectivity index (χ2n) is 1.27. The molecule has 0 aliphatic heterocycles. The van der Waals surface area contributed by atoms with Gasteiger partial charge < -0.3 is 4.74 Å². The molecule has 0 saturated heterocycles. The van der Waals surface area contributed by atoms with Crippen molar-refractivity contribution in [3.05, 3.63) is 17.5 Å². The first-order chi connectivity index (χ1) is 4.29. The highest BCUT2D eigenvalue weighted by Gasteiger charge is 1.97. The normalized spacial score (nSPS) is 9.00. The van der Waals surface area contributed by atoms with E-state index < -0.39 is 5.43 Å². The molecule has 0 aliphatic carbocycles. The van der Waals surface area contributed by atoms with E-state index >= 15 is 0 Å². The van der Waals surface area contributed by atoms with Crippen molar-refractivity contribution in [2.75, 3.05) is 0 Å². The molecular formula is C5H3ClO2S. The largest absolute Gasteiger partial charge is 0.409 e. The Morgan fingerprint density at radius 2 is 2.56 bits per heavy atom. The summed E-state index contributed by atoms with van der Waals surface area (Å²) in [4.78, 5) is 10.1. The summed E-state index contributed by atoms with van der Waals surface area (Å²) in [6.07, 6.45) is 0. The zero-order valence-electron chi connectivity index (χ0n) is 4.33. The SMILES string of the molecule is O=C(Cl)Oc1cccs1. The van der Waals surface area contributed by atoms with Crippen molar-refractivity contribution in [3.8, 4) is 5.06 Å². The Balaban J connectivity index is 2.58. The van der Waals surface area contributed by atoms with E-state index in [2.05, 4.69) is 4.74 Å². The van der Waals surface area contributed by atoms with Crippen molar-refractivity contribution < 1.29 is 9.53 Å². The van der Waals surface area contributed by atoms with E-state index in [1.165, 1.54) is 11.3 Å². The van der Waals surface area contributed by atoms with Crippen LogP contribution in [0.5, 0.6) is 5.06 Å². The van der Waals surface area contributed by atoms with Crippen LogP contribution in [-0.2, 0) is 0 Å². The number of thiophene rings is 1. The van der Waals surface area contributed by atoms with E-state index in [4.69, 9.17) is 11.6 Å². The molecule has 1 rings (SSSR count). The monoisotopic (exact) mass is 162 g/mol. The van der Waals surface area contributed by atoms with Gasteiger partial charge in [-0.2, -0.15) is 0 Å². The molecule has 0 spiro atoms. The molecule has 4 heteroatoms. The number of halogens is 1. The van der Waals surface area contributed by atoms with Crippen LogP contribution >= 0.6 is 22.9 Å². The highest BCUT2D eigenvalue weighted by molar-refractivity contribution is 7.11. The summed E-state index contributed by atoms with van der Waals surface area (Å²) in [5.74, 6) is 0. The summed E-state index contributed by atoms with van der Waals surface area (Å²) in [6.45, 7) is 0. The topological polar surface area (TPSA) is 26.3 Å². The highest BCUT2D eigenvalue weighted by atomic mass is 35.5. The summed E-state index contributed by atoms with van der Waals surface area (Å²) in [5.41, 5.74) is -0.794. The van der Waals surface area contributed by atoms with E-state index in [0.717, 1.165) is 0 Å². The zero-order chi connectivity index (χ0) is 6.69. The number of carbonyl (C=O) groups excluding carboxylic acids is 1. The smallest absolute Gasteiger partial charge is 0.403 e. The van der Waals surface area contributed by atoms with Crippen molar-refractivity contribution in [2.45, 2.75) is 0 Å². The molecule has 0 bridgehead atoms. The van der Waals surface area contributed by atoms with Gasteiger partial charge in [0.15, 0.2) is 5.06 Å². The van der Waals surface area contributed by atoms with E-state index in [1.807, 2.05) is 0 Å². The van der Waals surface area contributed by atoms with Gasteiger partial charge in [-0.25, -0.2) is 4.79 Å². The number of rotatable bonds is 1. The fourth-order valence-corrected chi connectivity index (χ4v) is 1.10. The van der Waals surface area contributed by atoms with Gasteiger partial charge in [0.2, 0.25) is 0 Å². The minimum Gasteiger partial charge on any atom is -0.403 e. The summed E-state index contributed by atoms with van der Waals surface area (Å²) in [5, 5.41) is 2.32. The lowest BCUT2D eigenvalue weighted by Crippen LogP contribution is -1.92. The summed E-state index contributed by atoms with van der Waals surface area (Å²) in [6, 6.07) is 3.45. The van der Waals surface area contributed by atoms with Gasteiger partial charge in [-0.05, 0) is 17.5 Å². The average Bonchev–Trinajstić information content (AvgIpc) is 2.15. The van der Waals surface area contributed by atoms with Gasteiger partial charge in [0.05, 0.1) is 0 Å². The Hall–Kier alpha value is -0.540. The molecule has 1 aromatic rings. The van der Waals surface area contributed by atoms with Crippen LogP contribution in [0.3, 0.4) is 0 Å². The lowest BCUT2D eigenvalue weighted by atomic mass is 10.7. The van der Waals surface area contributed by atoms with E-state index in [-0.39, 0.29) is 0 Å². The molecule has 0 amide bonds. The van der Waals surface area contributed by atoms with Crippen molar-refractivity contribution in [3.63, 3.8) is 0 Å². The maximum Gasteiger partial charge on any atom is 0.409 e. The number of carbonyl (C=O) groups is 1. The lowest BCUT2D eigenvalue weighted by Gasteiger charge is -1.89. The van der Waals surface area contributed by atoms with Crippen molar-refractivity contribution in [1.82, 2.24) is 0 Å². The van der Waals surface area contributed by atoms with Gasteiger partial charge >= 0.3 is 5.43 Å². The first-order valence-electron chi connectivity index (χ1n) is 2.20. The molecule has 2 nitrogen and oxygen atoms in total. The Morgan fingerprint density at radius 3 is 3.00 bits per heavy atom. The molecule has 0 N–H and O–H groups in total. The Morgan fingerprint density at radius 1 is 1.78 bits per heavy atom. The van der Waals surface area contributed by atoms with Crippen molar-refractivity contribution in [2.24, 2.45) is 0 Å². The van der Waals surface area contributed by atoms with Gasteiger partial charge in [0, 0.05) is 11.6 Å². The minimum atomic E-state index is -0.794. The maximum atomic E-state index is 10.1. The molecule has 1 aromatic heterocycles. The van der Waals surface area contributed by atoms with Crippen LogP contribution in [-0.4, -0.2) is 5.43 Å².